The van der Waals surface area contributed by atoms with Crippen molar-refractivity contribution in [2.75, 3.05) is 11.9 Å². The second-order valence-corrected chi connectivity index (χ2v) is 10.2. The summed E-state index contributed by atoms with van der Waals surface area (Å²) in [6.45, 7) is 3.47. The van der Waals surface area contributed by atoms with Crippen molar-refractivity contribution in [2.45, 2.75) is 31.7 Å². The van der Waals surface area contributed by atoms with Crippen LogP contribution >= 0.6 is 23.2 Å². The molecule has 0 heterocycles. The number of sulfonamides is 1. The molecule has 0 spiro atoms. The van der Waals surface area contributed by atoms with Crippen LogP contribution in [0.3, 0.4) is 0 Å². The van der Waals surface area contributed by atoms with Crippen LogP contribution in [0.4, 0.5) is 5.69 Å². The summed E-state index contributed by atoms with van der Waals surface area (Å²) in [5.41, 5.74) is 3.23. The molecule has 168 valence electrons. The van der Waals surface area contributed by atoms with Crippen LogP contribution in [0, 0.1) is 6.92 Å². The maximum Gasteiger partial charge on any atom is 0.243 e. The Balaban J connectivity index is 1.88. The quantitative estimate of drug-likeness (QED) is 0.440. The summed E-state index contributed by atoms with van der Waals surface area (Å²) in [4.78, 5) is 12.9. The molecule has 0 aromatic heterocycles. The lowest BCUT2D eigenvalue weighted by Gasteiger charge is -2.22. The second-order valence-electron chi connectivity index (χ2n) is 7.42. The SMILES string of the molecule is CCc1ccc(NC(=O)CN(Cc2ccc(Cl)cc2Cl)S(=O)(=O)c2ccc(C)cc2)cc1. The van der Waals surface area contributed by atoms with Gasteiger partial charge in [0, 0.05) is 22.3 Å². The number of hydrogen-bond donors (Lipinski definition) is 1. The van der Waals surface area contributed by atoms with E-state index in [9.17, 15) is 13.2 Å². The number of nitrogens with one attached hydrogen (secondary N) is 1. The van der Waals surface area contributed by atoms with Crippen molar-refractivity contribution in [3.05, 3.63) is 93.5 Å². The molecule has 0 radical (unpaired) electrons. The highest BCUT2D eigenvalue weighted by atomic mass is 35.5. The van der Waals surface area contributed by atoms with Crippen LogP contribution in [0.15, 0.2) is 71.6 Å². The van der Waals surface area contributed by atoms with Crippen LogP contribution in [0.2, 0.25) is 10.0 Å². The fraction of sp³-hybridized carbons (Fsp3) is 0.208. The number of amides is 1. The first-order valence-electron chi connectivity index (χ1n) is 10.1. The Bertz CT molecular complexity index is 1190. The smallest absolute Gasteiger partial charge is 0.243 e. The number of nitrogens with zero attached hydrogens (tertiary/aromatic N) is 1. The molecule has 0 aliphatic carbocycles. The number of halogens is 2. The van der Waals surface area contributed by atoms with E-state index < -0.39 is 15.9 Å². The lowest BCUT2D eigenvalue weighted by Crippen LogP contribution is -2.37. The molecule has 0 unspecified atom stereocenters. The van der Waals surface area contributed by atoms with Crippen LogP contribution in [-0.4, -0.2) is 25.2 Å². The van der Waals surface area contributed by atoms with E-state index in [1.165, 1.54) is 12.1 Å². The monoisotopic (exact) mass is 490 g/mol. The van der Waals surface area contributed by atoms with Gasteiger partial charge in [-0.2, -0.15) is 4.31 Å². The van der Waals surface area contributed by atoms with E-state index in [2.05, 4.69) is 5.32 Å². The molecule has 3 aromatic carbocycles. The minimum atomic E-state index is -3.96. The van der Waals surface area contributed by atoms with Crippen molar-refractivity contribution < 1.29 is 13.2 Å². The van der Waals surface area contributed by atoms with Gasteiger partial charge in [-0.3, -0.25) is 4.79 Å². The zero-order chi connectivity index (χ0) is 23.3. The molecular weight excluding hydrogens is 467 g/mol. The van der Waals surface area contributed by atoms with E-state index in [4.69, 9.17) is 23.2 Å². The van der Waals surface area contributed by atoms with E-state index in [1.807, 2.05) is 26.0 Å². The average molecular weight is 491 g/mol. The van der Waals surface area contributed by atoms with E-state index in [1.54, 1.807) is 42.5 Å². The minimum absolute atomic E-state index is 0.0750. The van der Waals surface area contributed by atoms with Crippen molar-refractivity contribution >= 4 is 44.8 Å². The highest BCUT2D eigenvalue weighted by Gasteiger charge is 2.27. The van der Waals surface area contributed by atoms with Crippen molar-refractivity contribution in [3.8, 4) is 0 Å². The highest BCUT2D eigenvalue weighted by Crippen LogP contribution is 2.25. The number of carbonyl (C=O) groups excluding carboxylic acids is 1. The Morgan fingerprint density at radius 3 is 2.22 bits per heavy atom. The Morgan fingerprint density at radius 1 is 0.969 bits per heavy atom. The third kappa shape index (κ3) is 6.11. The lowest BCUT2D eigenvalue weighted by atomic mass is 10.1. The summed E-state index contributed by atoms with van der Waals surface area (Å²) >= 11 is 12.2. The third-order valence-corrected chi connectivity index (χ3v) is 7.38. The molecule has 0 bridgehead atoms. The summed E-state index contributed by atoms with van der Waals surface area (Å²) in [5.74, 6) is -0.449. The number of rotatable bonds is 8. The van der Waals surface area contributed by atoms with Crippen LogP contribution in [0.25, 0.3) is 0 Å². The van der Waals surface area contributed by atoms with Gasteiger partial charge in [0.1, 0.15) is 0 Å². The Kier molecular flexibility index (Phi) is 7.96. The van der Waals surface area contributed by atoms with E-state index in [0.29, 0.717) is 21.3 Å². The van der Waals surface area contributed by atoms with Gasteiger partial charge in [0.2, 0.25) is 15.9 Å². The Hall–Kier alpha value is -2.38. The Morgan fingerprint density at radius 2 is 1.62 bits per heavy atom. The van der Waals surface area contributed by atoms with E-state index >= 15 is 0 Å². The molecule has 0 aliphatic rings. The zero-order valence-corrected chi connectivity index (χ0v) is 20.1. The van der Waals surface area contributed by atoms with Gasteiger partial charge in [0.15, 0.2) is 0 Å². The zero-order valence-electron chi connectivity index (χ0n) is 17.8. The predicted octanol–water partition coefficient (Wildman–Crippen LogP) is 5.69. The number of aryl methyl sites for hydroxylation is 2. The first-order chi connectivity index (χ1) is 15.2. The number of anilines is 1. The first kappa shape index (κ1) is 24.3. The first-order valence-corrected chi connectivity index (χ1v) is 12.3. The summed E-state index contributed by atoms with van der Waals surface area (Å²) in [6, 6.07) is 18.8. The summed E-state index contributed by atoms with van der Waals surface area (Å²) in [6.07, 6.45) is 0.888. The molecule has 0 aliphatic heterocycles. The van der Waals surface area contributed by atoms with Gasteiger partial charge in [0.25, 0.3) is 0 Å². The van der Waals surface area contributed by atoms with Crippen LogP contribution in [0.1, 0.15) is 23.6 Å². The van der Waals surface area contributed by atoms with Crippen LogP contribution in [-0.2, 0) is 27.8 Å². The maximum atomic E-state index is 13.4. The molecule has 3 aromatic rings. The fourth-order valence-corrected chi connectivity index (χ4v) is 4.95. The third-order valence-electron chi connectivity index (χ3n) is 4.99. The molecule has 0 saturated carbocycles. The van der Waals surface area contributed by atoms with Crippen molar-refractivity contribution in [1.82, 2.24) is 4.31 Å². The molecule has 0 saturated heterocycles. The number of hydrogen-bond acceptors (Lipinski definition) is 3. The average Bonchev–Trinajstić information content (AvgIpc) is 2.75. The molecular formula is C24H24Cl2N2O3S. The van der Waals surface area contributed by atoms with Crippen molar-refractivity contribution in [1.29, 1.82) is 0 Å². The molecule has 3 rings (SSSR count). The molecule has 32 heavy (non-hydrogen) atoms. The molecule has 8 heteroatoms. The number of carbonyl (C=O) groups is 1. The van der Waals surface area contributed by atoms with Gasteiger partial charge in [-0.05, 0) is 60.9 Å². The normalized spacial score (nSPS) is 11.5. The summed E-state index contributed by atoms with van der Waals surface area (Å²) < 4.78 is 27.9. The second kappa shape index (κ2) is 10.5. The van der Waals surface area contributed by atoms with Gasteiger partial charge >= 0.3 is 0 Å². The van der Waals surface area contributed by atoms with Crippen LogP contribution < -0.4 is 5.32 Å². The minimum Gasteiger partial charge on any atom is -0.325 e. The fourth-order valence-electron chi connectivity index (χ4n) is 3.11. The van der Waals surface area contributed by atoms with Crippen molar-refractivity contribution in [3.63, 3.8) is 0 Å². The topological polar surface area (TPSA) is 66.5 Å². The highest BCUT2D eigenvalue weighted by molar-refractivity contribution is 7.89. The van der Waals surface area contributed by atoms with Gasteiger partial charge in [0.05, 0.1) is 11.4 Å². The predicted molar refractivity (Wildman–Crippen MR) is 130 cm³/mol. The molecule has 1 N–H and O–H groups in total. The van der Waals surface area contributed by atoms with Gasteiger partial charge in [-0.15, -0.1) is 0 Å². The van der Waals surface area contributed by atoms with E-state index in [0.717, 1.165) is 21.9 Å². The Labute approximate surface area is 199 Å². The van der Waals surface area contributed by atoms with E-state index in [-0.39, 0.29) is 18.0 Å². The largest absolute Gasteiger partial charge is 0.325 e. The van der Waals surface area contributed by atoms with Crippen LogP contribution in [0.5, 0.6) is 0 Å². The number of benzene rings is 3. The van der Waals surface area contributed by atoms with Gasteiger partial charge in [-0.1, -0.05) is 66.0 Å². The molecule has 1 amide bonds. The standard InChI is InChI=1S/C24H24Cl2N2O3S/c1-3-18-6-10-21(11-7-18)27-24(29)16-28(15-19-8-9-20(25)14-23(19)26)32(30,31)22-12-4-17(2)5-13-22/h4-14H,3,15-16H2,1-2H3,(H,27,29). The summed E-state index contributed by atoms with van der Waals surface area (Å²) in [5, 5.41) is 3.54. The maximum absolute atomic E-state index is 13.4. The molecule has 0 fully saturated rings. The lowest BCUT2D eigenvalue weighted by molar-refractivity contribution is -0.116. The molecule has 0 atom stereocenters. The van der Waals surface area contributed by atoms with Gasteiger partial charge < -0.3 is 5.32 Å². The summed E-state index contributed by atoms with van der Waals surface area (Å²) in [7, 11) is -3.96. The molecule has 5 nitrogen and oxygen atoms in total. The van der Waals surface area contributed by atoms with Gasteiger partial charge in [-0.25, -0.2) is 8.42 Å². The van der Waals surface area contributed by atoms with Crippen molar-refractivity contribution in [2.24, 2.45) is 0 Å².